The molecule has 0 aromatic heterocycles. The topological polar surface area (TPSA) is 77.8 Å². The number of rotatable bonds is 1. The van der Waals surface area contributed by atoms with Crippen LogP contribution in [0, 0.1) is 44.3 Å². The van der Waals surface area contributed by atoms with Crippen LogP contribution in [0.25, 0.3) is 0 Å². The third kappa shape index (κ3) is 2.76. The van der Waals surface area contributed by atoms with Crippen molar-refractivity contribution in [2.45, 2.75) is 112 Å². The van der Waals surface area contributed by atoms with Crippen molar-refractivity contribution in [1.82, 2.24) is 0 Å². The molecule has 0 saturated heterocycles. The predicted octanol–water partition coefficient (Wildman–Crippen LogP) is 6.12. The number of fused-ring (bicyclic) bond motifs is 7. The lowest BCUT2D eigenvalue weighted by atomic mass is 9.36. The van der Waals surface area contributed by atoms with E-state index in [1.54, 1.807) is 12.5 Å². The molecule has 190 valence electrons. The fraction of sp³-hybridized carbons (Fsp3) is 0.833. The van der Waals surface area contributed by atoms with E-state index in [0.29, 0.717) is 18.8 Å². The Hall–Kier alpha value is -1.13. The Morgan fingerprint density at radius 3 is 2.15 bits per heavy atom. The standard InChI is InChI=1S/C30H46O4/c1-25(2)20-10-13-30(7)21(27(20,4)12-11-22(25)31)9-8-18-19-16-28(5,24(33)34)23(32)17-26(19,3)14-15-29(18,30)6/h8-9,19-20,22-23,31-32H,10-17H2,1-7H3,(H,33,34). The van der Waals surface area contributed by atoms with Crippen molar-refractivity contribution in [2.24, 2.45) is 44.3 Å². The summed E-state index contributed by atoms with van der Waals surface area (Å²) in [5, 5.41) is 31.8. The Morgan fingerprint density at radius 1 is 0.824 bits per heavy atom. The van der Waals surface area contributed by atoms with Crippen molar-refractivity contribution in [1.29, 1.82) is 0 Å². The van der Waals surface area contributed by atoms with Crippen LogP contribution in [-0.2, 0) is 4.79 Å². The predicted molar refractivity (Wildman–Crippen MR) is 134 cm³/mol. The first-order valence-corrected chi connectivity index (χ1v) is 13.6. The van der Waals surface area contributed by atoms with Crippen LogP contribution in [0.5, 0.6) is 0 Å². The third-order valence-electron chi connectivity index (χ3n) is 12.8. The average Bonchev–Trinajstić information content (AvgIpc) is 2.73. The summed E-state index contributed by atoms with van der Waals surface area (Å²) < 4.78 is 0. The van der Waals surface area contributed by atoms with Gasteiger partial charge < -0.3 is 15.3 Å². The number of allylic oxidation sites excluding steroid dienone is 4. The minimum atomic E-state index is -1.10. The lowest BCUT2D eigenvalue weighted by Gasteiger charge is -2.68. The minimum Gasteiger partial charge on any atom is -0.481 e. The fourth-order valence-corrected chi connectivity index (χ4v) is 9.93. The number of carboxylic acid groups (broad SMARTS) is 1. The highest BCUT2D eigenvalue weighted by molar-refractivity contribution is 5.75. The SMILES string of the molecule is CC12CCC3(C)C(=CC=C4C5(C)CCC(O)C(C)(C)C5CCC43C)C1CC(C)(C(=O)O)C(O)C2. The van der Waals surface area contributed by atoms with Gasteiger partial charge in [-0.2, -0.15) is 0 Å². The van der Waals surface area contributed by atoms with Crippen molar-refractivity contribution >= 4 is 5.97 Å². The summed E-state index contributed by atoms with van der Waals surface area (Å²) in [6, 6.07) is 0. The van der Waals surface area contributed by atoms with Gasteiger partial charge in [-0.3, -0.25) is 4.79 Å². The number of carboxylic acids is 1. The second kappa shape index (κ2) is 7.00. The van der Waals surface area contributed by atoms with Crippen molar-refractivity contribution in [3.05, 3.63) is 23.3 Å². The number of aliphatic carboxylic acids is 1. The zero-order valence-corrected chi connectivity index (χ0v) is 22.4. The highest BCUT2D eigenvalue weighted by atomic mass is 16.4. The van der Waals surface area contributed by atoms with Crippen LogP contribution in [0.15, 0.2) is 23.3 Å². The number of hydrogen-bond donors (Lipinski definition) is 3. The second-order valence-corrected chi connectivity index (χ2v) is 14.6. The first-order chi connectivity index (χ1) is 15.6. The molecule has 0 bridgehead atoms. The van der Waals surface area contributed by atoms with Crippen molar-refractivity contribution in [2.75, 3.05) is 0 Å². The van der Waals surface area contributed by atoms with Crippen LogP contribution in [0.4, 0.5) is 0 Å². The molecule has 4 heteroatoms. The van der Waals surface area contributed by atoms with Crippen LogP contribution in [0.3, 0.4) is 0 Å². The molecule has 9 atom stereocenters. The van der Waals surface area contributed by atoms with Gasteiger partial charge in [-0.15, -0.1) is 0 Å². The van der Waals surface area contributed by atoms with E-state index >= 15 is 0 Å². The molecule has 0 aromatic carbocycles. The molecule has 0 amide bonds. The van der Waals surface area contributed by atoms with Gasteiger partial charge in [0.05, 0.1) is 17.6 Å². The van der Waals surface area contributed by atoms with Gasteiger partial charge in [0.25, 0.3) is 0 Å². The minimum absolute atomic E-state index is 0.00283. The number of aliphatic hydroxyl groups is 2. The Balaban J connectivity index is 1.63. The maximum absolute atomic E-state index is 12.3. The molecule has 5 rings (SSSR count). The third-order valence-corrected chi connectivity index (χ3v) is 12.8. The fourth-order valence-electron chi connectivity index (χ4n) is 9.93. The second-order valence-electron chi connectivity index (χ2n) is 14.6. The summed E-state index contributed by atoms with van der Waals surface area (Å²) in [6.45, 7) is 16.0. The molecule has 9 unspecified atom stereocenters. The van der Waals surface area contributed by atoms with Gasteiger partial charge in [0.1, 0.15) is 0 Å². The molecule has 0 radical (unpaired) electrons. The Bertz CT molecular complexity index is 978. The molecule has 0 heterocycles. The largest absolute Gasteiger partial charge is 0.481 e. The van der Waals surface area contributed by atoms with E-state index in [-0.39, 0.29) is 39.1 Å². The van der Waals surface area contributed by atoms with E-state index in [2.05, 4.69) is 53.7 Å². The molecular formula is C30H46O4. The van der Waals surface area contributed by atoms with Crippen molar-refractivity contribution in [3.8, 4) is 0 Å². The summed E-state index contributed by atoms with van der Waals surface area (Å²) >= 11 is 0. The van der Waals surface area contributed by atoms with Crippen LogP contribution in [-0.4, -0.2) is 33.5 Å². The Kier molecular flexibility index (Phi) is 5.06. The van der Waals surface area contributed by atoms with Gasteiger partial charge in [0, 0.05) is 0 Å². The van der Waals surface area contributed by atoms with E-state index < -0.39 is 17.5 Å². The number of aliphatic hydroxyl groups excluding tert-OH is 2. The van der Waals surface area contributed by atoms with E-state index in [4.69, 9.17) is 0 Å². The van der Waals surface area contributed by atoms with E-state index in [0.717, 1.165) is 38.5 Å². The molecular weight excluding hydrogens is 424 g/mol. The van der Waals surface area contributed by atoms with Crippen LogP contribution in [0.2, 0.25) is 0 Å². The molecule has 4 saturated carbocycles. The maximum atomic E-state index is 12.3. The molecule has 0 aromatic rings. The number of carbonyl (C=O) groups is 1. The molecule has 0 spiro atoms. The molecule has 5 aliphatic carbocycles. The summed E-state index contributed by atoms with van der Waals surface area (Å²) in [4.78, 5) is 12.3. The van der Waals surface area contributed by atoms with Gasteiger partial charge in [0.2, 0.25) is 0 Å². The molecule has 0 aliphatic heterocycles. The molecule has 4 nitrogen and oxygen atoms in total. The van der Waals surface area contributed by atoms with Crippen molar-refractivity contribution in [3.63, 3.8) is 0 Å². The van der Waals surface area contributed by atoms with Gasteiger partial charge in [-0.1, -0.05) is 64.8 Å². The average molecular weight is 471 g/mol. The summed E-state index contributed by atoms with van der Waals surface area (Å²) in [7, 11) is 0. The lowest BCUT2D eigenvalue weighted by molar-refractivity contribution is -0.170. The first kappa shape index (κ1) is 24.6. The summed E-state index contributed by atoms with van der Waals surface area (Å²) in [5.41, 5.74) is 1.88. The van der Waals surface area contributed by atoms with Gasteiger partial charge in [-0.05, 0) is 97.2 Å². The molecule has 4 fully saturated rings. The smallest absolute Gasteiger partial charge is 0.312 e. The lowest BCUT2D eigenvalue weighted by Crippen LogP contribution is -2.62. The van der Waals surface area contributed by atoms with Crippen LogP contribution < -0.4 is 0 Å². The molecule has 34 heavy (non-hydrogen) atoms. The van der Waals surface area contributed by atoms with Crippen LogP contribution in [0.1, 0.15) is 99.8 Å². The monoisotopic (exact) mass is 470 g/mol. The van der Waals surface area contributed by atoms with Gasteiger partial charge in [0.15, 0.2) is 0 Å². The summed E-state index contributed by atoms with van der Waals surface area (Å²) in [6.07, 6.45) is 11.1. The Labute approximate surface area is 205 Å². The zero-order valence-electron chi connectivity index (χ0n) is 22.4. The Morgan fingerprint density at radius 2 is 1.50 bits per heavy atom. The van der Waals surface area contributed by atoms with Gasteiger partial charge in [-0.25, -0.2) is 0 Å². The van der Waals surface area contributed by atoms with Crippen LogP contribution >= 0.6 is 0 Å². The number of hydrogen-bond acceptors (Lipinski definition) is 3. The first-order valence-electron chi connectivity index (χ1n) is 13.6. The highest BCUT2D eigenvalue weighted by Gasteiger charge is 2.67. The molecule has 5 aliphatic rings. The van der Waals surface area contributed by atoms with Crippen molar-refractivity contribution < 1.29 is 20.1 Å². The van der Waals surface area contributed by atoms with E-state index in [1.807, 2.05) is 0 Å². The van der Waals surface area contributed by atoms with E-state index in [9.17, 15) is 20.1 Å². The maximum Gasteiger partial charge on any atom is 0.312 e. The zero-order chi connectivity index (χ0) is 25.1. The normalized spacial score (nSPS) is 53.9. The van der Waals surface area contributed by atoms with Gasteiger partial charge >= 0.3 is 5.97 Å². The molecule has 3 N–H and O–H groups in total. The highest BCUT2D eigenvalue weighted by Crippen LogP contribution is 2.74. The summed E-state index contributed by atoms with van der Waals surface area (Å²) in [5.74, 6) is -0.222. The van der Waals surface area contributed by atoms with E-state index in [1.165, 1.54) is 5.57 Å². The quantitative estimate of drug-likeness (QED) is 0.431.